The number of aliphatic carboxylic acids is 1. The third-order valence-corrected chi connectivity index (χ3v) is 4.48. The molecule has 0 bridgehead atoms. The van der Waals surface area contributed by atoms with Crippen LogP contribution in [0.2, 0.25) is 0 Å². The van der Waals surface area contributed by atoms with Gasteiger partial charge in [0.25, 0.3) is 0 Å². The predicted molar refractivity (Wildman–Crippen MR) is 72.0 cm³/mol. The molecule has 2 unspecified atom stereocenters. The minimum Gasteiger partial charge on any atom is -0.479 e. The zero-order chi connectivity index (χ0) is 14.0. The van der Waals surface area contributed by atoms with Gasteiger partial charge in [0.1, 0.15) is 5.54 Å². The van der Waals surface area contributed by atoms with Crippen molar-refractivity contribution < 1.29 is 14.7 Å². The molecule has 108 valence electrons. The minimum atomic E-state index is -0.961. The maximum absolute atomic E-state index is 12.6. The van der Waals surface area contributed by atoms with E-state index in [4.69, 9.17) is 0 Å². The molecule has 0 radical (unpaired) electrons. The van der Waals surface area contributed by atoms with Gasteiger partial charge in [0.15, 0.2) is 0 Å². The summed E-state index contributed by atoms with van der Waals surface area (Å²) in [5.41, 5.74) is -0.961. The summed E-state index contributed by atoms with van der Waals surface area (Å²) in [6.45, 7) is 6.21. The molecular weight excluding hydrogens is 244 g/mol. The average Bonchev–Trinajstić information content (AvgIpc) is 2.96. The maximum Gasteiger partial charge on any atom is 0.329 e. The monoisotopic (exact) mass is 268 g/mol. The summed E-state index contributed by atoms with van der Waals surface area (Å²) in [6.07, 6.45) is 3.74. The van der Waals surface area contributed by atoms with Crippen LogP contribution in [0.25, 0.3) is 0 Å². The second kappa shape index (κ2) is 5.39. The number of nitrogens with zero attached hydrogens (tertiary/aromatic N) is 2. The molecule has 2 atom stereocenters. The van der Waals surface area contributed by atoms with Crippen LogP contribution in [0.3, 0.4) is 0 Å². The Morgan fingerprint density at radius 2 is 2.11 bits per heavy atom. The number of urea groups is 1. The van der Waals surface area contributed by atoms with Crippen molar-refractivity contribution in [1.82, 2.24) is 9.80 Å². The zero-order valence-corrected chi connectivity index (χ0v) is 11.9. The third kappa shape index (κ3) is 2.42. The zero-order valence-electron chi connectivity index (χ0n) is 11.9. The summed E-state index contributed by atoms with van der Waals surface area (Å²) >= 11 is 0. The van der Waals surface area contributed by atoms with Crippen LogP contribution in [0.5, 0.6) is 0 Å². The molecule has 2 rings (SSSR count). The Labute approximate surface area is 114 Å². The predicted octanol–water partition coefficient (Wildman–Crippen LogP) is 2.17. The second-order valence-electron chi connectivity index (χ2n) is 5.96. The number of carbonyl (C=O) groups is 2. The first-order chi connectivity index (χ1) is 9.01. The molecule has 0 aromatic carbocycles. The molecule has 0 aromatic heterocycles. The number of amides is 2. The number of hydrogen-bond acceptors (Lipinski definition) is 2. The first kappa shape index (κ1) is 14.2. The Kier molecular flexibility index (Phi) is 4.02. The molecule has 0 saturated carbocycles. The van der Waals surface area contributed by atoms with Crippen molar-refractivity contribution in [2.75, 3.05) is 19.6 Å². The van der Waals surface area contributed by atoms with E-state index < -0.39 is 11.5 Å². The van der Waals surface area contributed by atoms with Crippen LogP contribution in [0, 0.1) is 5.92 Å². The number of hydrogen-bond donors (Lipinski definition) is 1. The van der Waals surface area contributed by atoms with Gasteiger partial charge in [-0.25, -0.2) is 9.59 Å². The quantitative estimate of drug-likeness (QED) is 0.853. The maximum atomic E-state index is 12.6. The van der Waals surface area contributed by atoms with Gasteiger partial charge in [-0.05, 0) is 31.6 Å². The van der Waals surface area contributed by atoms with E-state index in [0.717, 1.165) is 32.4 Å². The lowest BCUT2D eigenvalue weighted by atomic mass is 9.91. The van der Waals surface area contributed by atoms with E-state index in [9.17, 15) is 14.7 Å². The molecule has 2 heterocycles. The Balaban J connectivity index is 2.17. The fourth-order valence-corrected chi connectivity index (χ4v) is 3.44. The van der Waals surface area contributed by atoms with Gasteiger partial charge in [0.05, 0.1) is 0 Å². The lowest BCUT2D eigenvalue weighted by molar-refractivity contribution is -0.148. The van der Waals surface area contributed by atoms with E-state index in [2.05, 4.69) is 6.92 Å². The van der Waals surface area contributed by atoms with Crippen LogP contribution in [-0.4, -0.2) is 52.1 Å². The molecule has 2 amide bonds. The normalized spacial score (nSPS) is 30.9. The Morgan fingerprint density at radius 3 is 2.63 bits per heavy atom. The molecule has 1 N–H and O–H groups in total. The molecule has 2 aliphatic rings. The van der Waals surface area contributed by atoms with Crippen molar-refractivity contribution in [1.29, 1.82) is 0 Å². The van der Waals surface area contributed by atoms with Gasteiger partial charge in [-0.2, -0.15) is 0 Å². The Morgan fingerprint density at radius 1 is 1.37 bits per heavy atom. The highest BCUT2D eigenvalue weighted by Gasteiger charge is 2.50. The van der Waals surface area contributed by atoms with Crippen molar-refractivity contribution >= 4 is 12.0 Å². The molecule has 2 saturated heterocycles. The van der Waals surface area contributed by atoms with Gasteiger partial charge in [-0.3, -0.25) is 0 Å². The Hall–Kier alpha value is -1.26. The van der Waals surface area contributed by atoms with Gasteiger partial charge in [-0.15, -0.1) is 0 Å². The summed E-state index contributed by atoms with van der Waals surface area (Å²) in [7, 11) is 0. The van der Waals surface area contributed by atoms with Crippen molar-refractivity contribution in [2.24, 2.45) is 5.92 Å². The fraction of sp³-hybridized carbons (Fsp3) is 0.857. The van der Waals surface area contributed by atoms with Gasteiger partial charge in [0.2, 0.25) is 0 Å². The Bertz CT molecular complexity index is 372. The molecule has 5 nitrogen and oxygen atoms in total. The van der Waals surface area contributed by atoms with Crippen LogP contribution in [0.1, 0.15) is 46.0 Å². The van der Waals surface area contributed by atoms with E-state index in [1.54, 1.807) is 4.90 Å². The molecule has 2 fully saturated rings. The summed E-state index contributed by atoms with van der Waals surface area (Å²) in [4.78, 5) is 27.7. The highest BCUT2D eigenvalue weighted by atomic mass is 16.4. The molecule has 0 spiro atoms. The van der Waals surface area contributed by atoms with Crippen LogP contribution in [0.15, 0.2) is 0 Å². The first-order valence-electron chi connectivity index (χ1n) is 7.31. The standard InChI is InChI=1S/C14H24N2O3/c1-3-6-14(12(17)18)7-4-8-16(14)13(19)15-9-5-11(2)10-15/h11H,3-10H2,1-2H3,(H,17,18). The average molecular weight is 268 g/mol. The van der Waals surface area contributed by atoms with Crippen LogP contribution in [0.4, 0.5) is 4.79 Å². The van der Waals surface area contributed by atoms with E-state index in [1.807, 2.05) is 11.8 Å². The van der Waals surface area contributed by atoms with E-state index in [1.165, 1.54) is 0 Å². The summed E-state index contributed by atoms with van der Waals surface area (Å²) in [5.74, 6) is -0.315. The van der Waals surface area contributed by atoms with Gasteiger partial charge < -0.3 is 14.9 Å². The van der Waals surface area contributed by atoms with Crippen molar-refractivity contribution in [3.63, 3.8) is 0 Å². The lowest BCUT2D eigenvalue weighted by Crippen LogP contribution is -2.56. The highest BCUT2D eigenvalue weighted by molar-refractivity contribution is 5.87. The number of carboxylic acid groups (broad SMARTS) is 1. The van der Waals surface area contributed by atoms with E-state index in [-0.39, 0.29) is 6.03 Å². The smallest absolute Gasteiger partial charge is 0.329 e. The number of carboxylic acids is 1. The molecule has 0 aromatic rings. The van der Waals surface area contributed by atoms with Crippen molar-refractivity contribution in [3.8, 4) is 0 Å². The van der Waals surface area contributed by atoms with E-state index >= 15 is 0 Å². The van der Waals surface area contributed by atoms with Crippen LogP contribution >= 0.6 is 0 Å². The summed E-state index contributed by atoms with van der Waals surface area (Å²) in [6, 6.07) is -0.0716. The molecule has 0 aliphatic carbocycles. The van der Waals surface area contributed by atoms with Crippen LogP contribution < -0.4 is 0 Å². The van der Waals surface area contributed by atoms with Crippen molar-refractivity contribution in [3.05, 3.63) is 0 Å². The van der Waals surface area contributed by atoms with Crippen LogP contribution in [-0.2, 0) is 4.79 Å². The summed E-state index contributed by atoms with van der Waals surface area (Å²) in [5, 5.41) is 9.60. The largest absolute Gasteiger partial charge is 0.479 e. The molecule has 19 heavy (non-hydrogen) atoms. The molecule has 2 aliphatic heterocycles. The minimum absolute atomic E-state index is 0.0716. The van der Waals surface area contributed by atoms with Gasteiger partial charge >= 0.3 is 12.0 Å². The number of carbonyl (C=O) groups excluding carboxylic acids is 1. The second-order valence-corrected chi connectivity index (χ2v) is 5.96. The summed E-state index contributed by atoms with van der Waals surface area (Å²) < 4.78 is 0. The fourth-order valence-electron chi connectivity index (χ4n) is 3.44. The topological polar surface area (TPSA) is 60.9 Å². The van der Waals surface area contributed by atoms with Gasteiger partial charge in [0, 0.05) is 19.6 Å². The number of likely N-dealkylation sites (tertiary alicyclic amines) is 2. The van der Waals surface area contributed by atoms with Crippen molar-refractivity contribution in [2.45, 2.75) is 51.5 Å². The molecular formula is C14H24N2O3. The van der Waals surface area contributed by atoms with E-state index in [0.29, 0.717) is 25.3 Å². The highest BCUT2D eigenvalue weighted by Crippen LogP contribution is 2.35. The lowest BCUT2D eigenvalue weighted by Gasteiger charge is -2.37. The molecule has 5 heteroatoms. The SMILES string of the molecule is CCCC1(C(=O)O)CCCN1C(=O)N1CCC(C)C1. The first-order valence-corrected chi connectivity index (χ1v) is 7.31. The third-order valence-electron chi connectivity index (χ3n) is 4.48. The number of rotatable bonds is 3. The van der Waals surface area contributed by atoms with Gasteiger partial charge in [-0.1, -0.05) is 20.3 Å².